The number of benzene rings is 2. The highest BCUT2D eigenvalue weighted by atomic mass is 32.2. The highest BCUT2D eigenvalue weighted by molar-refractivity contribution is 8.00. The first-order valence-corrected chi connectivity index (χ1v) is 7.05. The molecule has 0 aromatic heterocycles. The van der Waals surface area contributed by atoms with Gasteiger partial charge in [-0.15, -0.1) is 11.8 Å². The van der Waals surface area contributed by atoms with E-state index >= 15 is 0 Å². The third-order valence-electron chi connectivity index (χ3n) is 2.86. The summed E-state index contributed by atoms with van der Waals surface area (Å²) in [7, 11) is 1.58. The fourth-order valence-electron chi connectivity index (χ4n) is 1.81. The van der Waals surface area contributed by atoms with Crippen LogP contribution >= 0.6 is 11.8 Å². The van der Waals surface area contributed by atoms with Crippen LogP contribution in [0, 0.1) is 6.92 Å². The Bertz CT molecular complexity index is 578. The second-order valence-corrected chi connectivity index (χ2v) is 5.19. The van der Waals surface area contributed by atoms with Crippen molar-refractivity contribution in [3.8, 4) is 5.75 Å². The molecule has 0 unspecified atom stereocenters. The summed E-state index contributed by atoms with van der Waals surface area (Å²) in [5, 5.41) is 0. The van der Waals surface area contributed by atoms with Gasteiger partial charge >= 0.3 is 0 Å². The molecule has 19 heavy (non-hydrogen) atoms. The first-order valence-electron chi connectivity index (χ1n) is 6.07. The Morgan fingerprint density at radius 2 is 1.79 bits per heavy atom. The van der Waals surface area contributed by atoms with E-state index < -0.39 is 0 Å². The van der Waals surface area contributed by atoms with Crippen molar-refractivity contribution in [1.29, 1.82) is 0 Å². The van der Waals surface area contributed by atoms with E-state index in [0.717, 1.165) is 4.90 Å². The van der Waals surface area contributed by atoms with Crippen LogP contribution in [-0.2, 0) is 0 Å². The largest absolute Gasteiger partial charge is 0.496 e. The molecule has 0 bridgehead atoms. The number of hydrogen-bond donors (Lipinski definition) is 0. The van der Waals surface area contributed by atoms with Crippen LogP contribution in [0.3, 0.4) is 0 Å². The minimum atomic E-state index is 0.0886. The molecule has 0 aliphatic heterocycles. The maximum absolute atomic E-state index is 12.2. The van der Waals surface area contributed by atoms with Gasteiger partial charge in [-0.05, 0) is 30.7 Å². The predicted molar refractivity (Wildman–Crippen MR) is 79.2 cm³/mol. The van der Waals surface area contributed by atoms with E-state index in [1.54, 1.807) is 24.9 Å². The predicted octanol–water partition coefficient (Wildman–Crippen LogP) is 3.98. The minimum Gasteiger partial charge on any atom is -0.496 e. The Kier molecular flexibility index (Phi) is 4.63. The molecule has 0 fully saturated rings. The summed E-state index contributed by atoms with van der Waals surface area (Å²) in [6.45, 7) is 2.05. The third-order valence-corrected chi connectivity index (χ3v) is 4.04. The molecule has 0 aliphatic carbocycles. The zero-order valence-corrected chi connectivity index (χ0v) is 11.9. The summed E-state index contributed by atoms with van der Waals surface area (Å²) in [5.41, 5.74) is 1.84. The second kappa shape index (κ2) is 6.43. The van der Waals surface area contributed by atoms with Crippen molar-refractivity contribution >= 4 is 17.5 Å². The third kappa shape index (κ3) is 3.38. The van der Waals surface area contributed by atoms with Crippen molar-refractivity contribution in [3.05, 3.63) is 59.7 Å². The van der Waals surface area contributed by atoms with Gasteiger partial charge in [-0.2, -0.15) is 0 Å². The number of ketones is 1. The molecule has 0 saturated heterocycles. The molecular weight excluding hydrogens is 256 g/mol. The molecule has 0 atom stereocenters. The van der Waals surface area contributed by atoms with E-state index in [1.807, 2.05) is 36.4 Å². The average molecular weight is 272 g/mol. The van der Waals surface area contributed by atoms with Gasteiger partial charge in [0.2, 0.25) is 0 Å². The van der Waals surface area contributed by atoms with E-state index in [1.165, 1.54) is 5.56 Å². The van der Waals surface area contributed by atoms with E-state index in [2.05, 4.69) is 13.0 Å². The Balaban J connectivity index is 2.08. The van der Waals surface area contributed by atoms with Crippen molar-refractivity contribution in [2.45, 2.75) is 11.8 Å². The van der Waals surface area contributed by atoms with Crippen LogP contribution in [0.2, 0.25) is 0 Å². The number of hydrogen-bond acceptors (Lipinski definition) is 3. The van der Waals surface area contributed by atoms with Crippen molar-refractivity contribution in [3.63, 3.8) is 0 Å². The molecule has 2 aromatic rings. The van der Waals surface area contributed by atoms with Gasteiger partial charge in [0.15, 0.2) is 5.78 Å². The smallest absolute Gasteiger partial charge is 0.176 e. The number of carbonyl (C=O) groups is 1. The number of rotatable bonds is 5. The van der Waals surface area contributed by atoms with Crippen LogP contribution in [0.1, 0.15) is 15.9 Å². The van der Waals surface area contributed by atoms with Gasteiger partial charge < -0.3 is 4.74 Å². The standard InChI is InChI=1S/C16H16O2S/c1-12-7-3-6-10-16(12)19-11-14(17)13-8-4-5-9-15(13)18-2/h3-10H,11H2,1-2H3. The first kappa shape index (κ1) is 13.7. The second-order valence-electron chi connectivity index (χ2n) is 4.18. The number of para-hydroxylation sites is 1. The van der Waals surface area contributed by atoms with E-state index in [9.17, 15) is 4.79 Å². The van der Waals surface area contributed by atoms with Crippen LogP contribution in [0.4, 0.5) is 0 Å². The molecule has 0 saturated carbocycles. The van der Waals surface area contributed by atoms with Crippen molar-refractivity contribution in [2.24, 2.45) is 0 Å². The molecule has 0 radical (unpaired) electrons. The van der Waals surface area contributed by atoms with Gasteiger partial charge in [-0.3, -0.25) is 4.79 Å². The maximum Gasteiger partial charge on any atom is 0.176 e. The van der Waals surface area contributed by atoms with Crippen LogP contribution in [0.15, 0.2) is 53.4 Å². The lowest BCUT2D eigenvalue weighted by Crippen LogP contribution is -2.04. The SMILES string of the molecule is COc1ccccc1C(=O)CSc1ccccc1C. The Morgan fingerprint density at radius 3 is 2.53 bits per heavy atom. The molecule has 2 nitrogen and oxygen atoms in total. The van der Waals surface area contributed by atoms with Gasteiger partial charge in [0, 0.05) is 4.90 Å². The summed E-state index contributed by atoms with van der Waals surface area (Å²) in [5.74, 6) is 1.15. The van der Waals surface area contributed by atoms with Crippen LogP contribution < -0.4 is 4.74 Å². The van der Waals surface area contributed by atoms with Crippen molar-refractivity contribution < 1.29 is 9.53 Å². The van der Waals surface area contributed by atoms with Gasteiger partial charge in [-0.25, -0.2) is 0 Å². The number of thioether (sulfide) groups is 1. The molecule has 3 heteroatoms. The van der Waals surface area contributed by atoms with E-state index in [4.69, 9.17) is 4.74 Å². The zero-order valence-electron chi connectivity index (χ0n) is 11.1. The average Bonchev–Trinajstić information content (AvgIpc) is 2.46. The number of methoxy groups -OCH3 is 1. The Labute approximate surface area is 117 Å². The van der Waals surface area contributed by atoms with Crippen molar-refractivity contribution in [1.82, 2.24) is 0 Å². The Morgan fingerprint density at radius 1 is 1.11 bits per heavy atom. The van der Waals surface area contributed by atoms with E-state index in [-0.39, 0.29) is 5.78 Å². The minimum absolute atomic E-state index is 0.0886. The molecule has 0 aliphatic rings. The van der Waals surface area contributed by atoms with Gasteiger partial charge in [0.25, 0.3) is 0 Å². The summed E-state index contributed by atoms with van der Waals surface area (Å²) in [6.07, 6.45) is 0. The topological polar surface area (TPSA) is 26.3 Å². The molecule has 0 amide bonds. The maximum atomic E-state index is 12.2. The fraction of sp³-hybridized carbons (Fsp3) is 0.188. The lowest BCUT2D eigenvalue weighted by molar-refractivity contribution is 0.101. The lowest BCUT2D eigenvalue weighted by Gasteiger charge is -2.08. The lowest BCUT2D eigenvalue weighted by atomic mass is 10.1. The highest BCUT2D eigenvalue weighted by Crippen LogP contribution is 2.25. The normalized spacial score (nSPS) is 10.2. The summed E-state index contributed by atoms with van der Waals surface area (Å²) in [6, 6.07) is 15.4. The van der Waals surface area contributed by atoms with E-state index in [0.29, 0.717) is 17.1 Å². The van der Waals surface area contributed by atoms with Crippen molar-refractivity contribution in [2.75, 3.05) is 12.9 Å². The molecule has 0 N–H and O–H groups in total. The number of Topliss-reactive ketones (excluding diaryl/α,β-unsaturated/α-hetero) is 1. The number of carbonyl (C=O) groups excluding carboxylic acids is 1. The number of ether oxygens (including phenoxy) is 1. The van der Waals surface area contributed by atoms with Crippen LogP contribution in [0.25, 0.3) is 0 Å². The zero-order chi connectivity index (χ0) is 13.7. The number of aryl methyl sites for hydroxylation is 1. The van der Waals surface area contributed by atoms with Crippen LogP contribution in [0.5, 0.6) is 5.75 Å². The van der Waals surface area contributed by atoms with Crippen LogP contribution in [-0.4, -0.2) is 18.6 Å². The van der Waals surface area contributed by atoms with Gasteiger partial charge in [0.05, 0.1) is 18.4 Å². The quantitative estimate of drug-likeness (QED) is 0.608. The first-order chi connectivity index (χ1) is 9.22. The molecule has 98 valence electrons. The monoisotopic (exact) mass is 272 g/mol. The highest BCUT2D eigenvalue weighted by Gasteiger charge is 2.12. The summed E-state index contributed by atoms with van der Waals surface area (Å²) < 4.78 is 5.21. The Hall–Kier alpha value is -1.74. The fourth-order valence-corrected chi connectivity index (χ4v) is 2.73. The summed E-state index contributed by atoms with van der Waals surface area (Å²) in [4.78, 5) is 13.4. The van der Waals surface area contributed by atoms with Gasteiger partial charge in [0.1, 0.15) is 5.75 Å². The molecule has 2 aromatic carbocycles. The van der Waals surface area contributed by atoms with Gasteiger partial charge in [-0.1, -0.05) is 30.3 Å². The molecular formula is C16H16O2S. The summed E-state index contributed by atoms with van der Waals surface area (Å²) >= 11 is 1.56. The molecule has 0 spiro atoms. The molecule has 2 rings (SSSR count). The molecule has 0 heterocycles.